The van der Waals surface area contributed by atoms with Crippen LogP contribution in [0.15, 0.2) is 84.3 Å². The summed E-state index contributed by atoms with van der Waals surface area (Å²) in [6.07, 6.45) is 6.78. The maximum absolute atomic E-state index is 13.5. The van der Waals surface area contributed by atoms with Crippen LogP contribution in [0.25, 0.3) is 0 Å². The average Bonchev–Trinajstić information content (AvgIpc) is 3.52. The largest absolute Gasteiger partial charge is 0.432 e. The molecular formula is C27H25FN6O2. The highest BCUT2D eigenvalue weighted by Gasteiger charge is 2.41. The zero-order valence-corrected chi connectivity index (χ0v) is 19.5. The van der Waals surface area contributed by atoms with Gasteiger partial charge in [0.15, 0.2) is 0 Å². The van der Waals surface area contributed by atoms with Crippen LogP contribution in [0, 0.1) is 5.82 Å². The van der Waals surface area contributed by atoms with Crippen molar-refractivity contribution in [2.75, 3.05) is 18.4 Å². The Kier molecular flexibility index (Phi) is 5.80. The Morgan fingerprint density at radius 3 is 2.58 bits per heavy atom. The summed E-state index contributed by atoms with van der Waals surface area (Å²) in [4.78, 5) is 30.6. The zero-order chi connectivity index (χ0) is 24.5. The van der Waals surface area contributed by atoms with Gasteiger partial charge in [0.05, 0.1) is 5.69 Å². The molecule has 1 N–H and O–H groups in total. The van der Waals surface area contributed by atoms with Crippen molar-refractivity contribution in [3.05, 3.63) is 102 Å². The molecule has 2 unspecified atom stereocenters. The van der Waals surface area contributed by atoms with Crippen molar-refractivity contribution in [2.24, 2.45) is 4.99 Å². The first-order valence-corrected chi connectivity index (χ1v) is 12.0. The number of nitrogens with one attached hydrogen (secondary N) is 1. The number of fused-ring (bicyclic) bond motifs is 1. The molecule has 0 bridgehead atoms. The number of aromatic nitrogens is 2. The standard InChI is InChI=1S/C27H25FN6O2/c28-20-8-6-18(7-9-20)23-24(34-16-17-36-27(34)32-23)22-10-13-29-26(31-22)30-21-11-14-33(15-12-21)25(35)19-4-2-1-3-5-19/h1-10,13,16-17,21,23-24H,11-12,14-15H2,(H,29,30,31). The van der Waals surface area contributed by atoms with E-state index in [0.29, 0.717) is 30.6 Å². The third-order valence-corrected chi connectivity index (χ3v) is 6.79. The molecule has 3 aromatic rings. The monoisotopic (exact) mass is 484 g/mol. The Labute approximate surface area is 208 Å². The van der Waals surface area contributed by atoms with Gasteiger partial charge in [0.2, 0.25) is 5.95 Å². The Balaban J connectivity index is 1.15. The van der Waals surface area contributed by atoms with Crippen molar-refractivity contribution in [1.82, 2.24) is 19.8 Å². The first kappa shape index (κ1) is 22.2. The third-order valence-electron chi connectivity index (χ3n) is 6.79. The molecule has 0 radical (unpaired) electrons. The molecule has 1 aromatic heterocycles. The van der Waals surface area contributed by atoms with Crippen molar-refractivity contribution < 1.29 is 13.9 Å². The van der Waals surface area contributed by atoms with Crippen LogP contribution >= 0.6 is 0 Å². The summed E-state index contributed by atoms with van der Waals surface area (Å²) < 4.78 is 19.1. The maximum atomic E-state index is 13.5. The maximum Gasteiger partial charge on any atom is 0.298 e. The van der Waals surface area contributed by atoms with Crippen LogP contribution < -0.4 is 5.32 Å². The molecule has 1 saturated heterocycles. The van der Waals surface area contributed by atoms with E-state index >= 15 is 0 Å². The number of anilines is 1. The molecular weight excluding hydrogens is 459 g/mol. The second-order valence-electron chi connectivity index (χ2n) is 9.05. The lowest BCUT2D eigenvalue weighted by atomic mass is 9.97. The minimum absolute atomic E-state index is 0.0667. The first-order valence-electron chi connectivity index (χ1n) is 12.0. The molecule has 0 saturated carbocycles. The topological polar surface area (TPSA) is 83.0 Å². The highest BCUT2D eigenvalue weighted by molar-refractivity contribution is 5.94. The van der Waals surface area contributed by atoms with E-state index in [0.717, 1.165) is 24.1 Å². The van der Waals surface area contributed by atoms with Crippen LogP contribution in [-0.2, 0) is 4.74 Å². The van der Waals surface area contributed by atoms with Crippen molar-refractivity contribution in [2.45, 2.75) is 31.0 Å². The number of amides is 1. The van der Waals surface area contributed by atoms with E-state index < -0.39 is 0 Å². The van der Waals surface area contributed by atoms with E-state index in [1.165, 1.54) is 12.1 Å². The molecule has 2 aromatic carbocycles. The number of benzene rings is 2. The summed E-state index contributed by atoms with van der Waals surface area (Å²) in [6.45, 7) is 1.35. The Bertz CT molecular complexity index is 1310. The Morgan fingerprint density at radius 1 is 1.03 bits per heavy atom. The number of carbonyl (C=O) groups excluding carboxylic acids is 1. The molecule has 3 aliphatic rings. The molecule has 9 heteroatoms. The van der Waals surface area contributed by atoms with E-state index in [-0.39, 0.29) is 29.8 Å². The van der Waals surface area contributed by atoms with Gasteiger partial charge < -0.3 is 15.0 Å². The van der Waals surface area contributed by atoms with E-state index in [2.05, 4.69) is 10.3 Å². The molecule has 1 fully saturated rings. The molecule has 2 atom stereocenters. The van der Waals surface area contributed by atoms with E-state index in [1.54, 1.807) is 24.6 Å². The average molecular weight is 485 g/mol. The molecule has 4 heterocycles. The molecule has 36 heavy (non-hydrogen) atoms. The van der Waals surface area contributed by atoms with Crippen molar-refractivity contribution in [3.8, 4) is 0 Å². The molecule has 0 aliphatic carbocycles. The van der Waals surface area contributed by atoms with Gasteiger partial charge in [-0.2, -0.15) is 0 Å². The smallest absolute Gasteiger partial charge is 0.298 e. The number of hydrogen-bond acceptors (Lipinski definition) is 7. The van der Waals surface area contributed by atoms with E-state index in [4.69, 9.17) is 14.7 Å². The SMILES string of the molecule is O=C(c1ccccc1)N1CCC(Nc2nccc(C3C(c4ccc(F)cc4)N=C4OC=CN43)n2)CC1. The van der Waals surface area contributed by atoms with Gasteiger partial charge in [-0.3, -0.25) is 9.69 Å². The number of piperidine rings is 1. The van der Waals surface area contributed by atoms with Crippen molar-refractivity contribution >= 4 is 17.9 Å². The molecule has 3 aliphatic heterocycles. The van der Waals surface area contributed by atoms with Crippen LogP contribution in [0.5, 0.6) is 0 Å². The molecule has 6 rings (SSSR count). The third kappa shape index (κ3) is 4.28. The lowest BCUT2D eigenvalue weighted by Crippen LogP contribution is -2.42. The molecule has 0 spiro atoms. The summed E-state index contributed by atoms with van der Waals surface area (Å²) in [7, 11) is 0. The number of nitrogens with zero attached hydrogens (tertiary/aromatic N) is 5. The number of carbonyl (C=O) groups is 1. The summed E-state index contributed by atoms with van der Waals surface area (Å²) >= 11 is 0. The minimum atomic E-state index is -0.291. The number of ether oxygens (including phenoxy) is 1. The van der Waals surface area contributed by atoms with Gasteiger partial charge in [0, 0.05) is 37.1 Å². The summed E-state index contributed by atoms with van der Waals surface area (Å²) in [5.74, 6) is 0.315. The number of likely N-dealkylation sites (tertiary alicyclic amines) is 1. The molecule has 182 valence electrons. The lowest BCUT2D eigenvalue weighted by Gasteiger charge is -2.32. The molecule has 8 nitrogen and oxygen atoms in total. The summed E-state index contributed by atoms with van der Waals surface area (Å²) in [5, 5.41) is 3.45. The zero-order valence-electron chi connectivity index (χ0n) is 19.5. The predicted molar refractivity (Wildman–Crippen MR) is 132 cm³/mol. The number of halogens is 1. The van der Waals surface area contributed by atoms with Gasteiger partial charge in [-0.25, -0.2) is 19.4 Å². The van der Waals surface area contributed by atoms with Gasteiger partial charge in [-0.05, 0) is 48.7 Å². The Morgan fingerprint density at radius 2 is 1.81 bits per heavy atom. The predicted octanol–water partition coefficient (Wildman–Crippen LogP) is 4.29. The van der Waals surface area contributed by atoms with E-state index in [9.17, 15) is 9.18 Å². The van der Waals surface area contributed by atoms with Crippen LogP contribution in [0.2, 0.25) is 0 Å². The van der Waals surface area contributed by atoms with Gasteiger partial charge in [0.25, 0.3) is 11.9 Å². The summed E-state index contributed by atoms with van der Waals surface area (Å²) in [6, 6.07) is 17.8. The second-order valence-corrected chi connectivity index (χ2v) is 9.05. The highest BCUT2D eigenvalue weighted by Crippen LogP contribution is 2.43. The Hall–Kier alpha value is -4.27. The highest BCUT2D eigenvalue weighted by atomic mass is 19.1. The number of hydrogen-bond donors (Lipinski definition) is 1. The quantitative estimate of drug-likeness (QED) is 0.582. The van der Waals surface area contributed by atoms with Gasteiger partial charge in [-0.15, -0.1) is 0 Å². The summed E-state index contributed by atoms with van der Waals surface area (Å²) in [5.41, 5.74) is 2.38. The van der Waals surface area contributed by atoms with Gasteiger partial charge in [-0.1, -0.05) is 30.3 Å². The lowest BCUT2D eigenvalue weighted by molar-refractivity contribution is 0.0718. The fourth-order valence-electron chi connectivity index (χ4n) is 4.93. The number of aliphatic imine (C=N–C) groups is 1. The molecule has 1 amide bonds. The fraction of sp³-hybridized carbons (Fsp3) is 0.259. The second kappa shape index (κ2) is 9.41. The van der Waals surface area contributed by atoms with Crippen LogP contribution in [0.1, 0.15) is 46.5 Å². The normalized spacial score (nSPS) is 21.2. The first-order chi connectivity index (χ1) is 17.7. The van der Waals surface area contributed by atoms with Crippen LogP contribution in [0.3, 0.4) is 0 Å². The number of amidine groups is 1. The van der Waals surface area contributed by atoms with E-state index in [1.807, 2.05) is 52.4 Å². The van der Waals surface area contributed by atoms with Crippen molar-refractivity contribution in [3.63, 3.8) is 0 Å². The number of rotatable bonds is 5. The van der Waals surface area contributed by atoms with Crippen LogP contribution in [-0.4, -0.2) is 50.8 Å². The van der Waals surface area contributed by atoms with Crippen LogP contribution in [0.4, 0.5) is 10.3 Å². The van der Waals surface area contributed by atoms with Gasteiger partial charge in [0.1, 0.15) is 24.2 Å². The fourth-order valence-corrected chi connectivity index (χ4v) is 4.93. The van der Waals surface area contributed by atoms with Crippen molar-refractivity contribution in [1.29, 1.82) is 0 Å². The minimum Gasteiger partial charge on any atom is -0.432 e. The van der Waals surface area contributed by atoms with Gasteiger partial charge >= 0.3 is 0 Å².